The van der Waals surface area contributed by atoms with E-state index in [0.29, 0.717) is 5.02 Å². The van der Waals surface area contributed by atoms with Gasteiger partial charge in [-0.2, -0.15) is 5.10 Å². The molecule has 2 aromatic rings. The van der Waals surface area contributed by atoms with Crippen molar-refractivity contribution < 1.29 is 4.74 Å². The molecule has 1 aliphatic heterocycles. The van der Waals surface area contributed by atoms with Gasteiger partial charge < -0.3 is 9.64 Å². The molecule has 3 rings (SSSR count). The molecular weight excluding hydrogens is 252 g/mol. The molecule has 0 saturated carbocycles. The summed E-state index contributed by atoms with van der Waals surface area (Å²) in [4.78, 5) is 6.79. The Hall–Kier alpha value is -1.59. The molecule has 94 valence electrons. The van der Waals surface area contributed by atoms with Crippen molar-refractivity contribution in [1.82, 2.24) is 15.2 Å². The molecule has 1 N–H and O–H groups in total. The minimum Gasteiger partial charge on any atom is -0.378 e. The number of nitrogens with one attached hydrogen (secondary N) is 1. The van der Waals surface area contributed by atoms with E-state index in [1.54, 1.807) is 6.20 Å². The van der Waals surface area contributed by atoms with Crippen molar-refractivity contribution in [3.05, 3.63) is 29.4 Å². The third kappa shape index (κ3) is 2.32. The Kier molecular flexibility index (Phi) is 3.17. The lowest BCUT2D eigenvalue weighted by Crippen LogP contribution is -2.36. The third-order valence-electron chi connectivity index (χ3n) is 2.89. The van der Waals surface area contributed by atoms with E-state index in [0.717, 1.165) is 43.5 Å². The zero-order valence-electron chi connectivity index (χ0n) is 9.77. The molecule has 0 aliphatic carbocycles. The van der Waals surface area contributed by atoms with Gasteiger partial charge in [0.05, 0.1) is 24.6 Å². The molecule has 2 aromatic heterocycles. The molecule has 0 spiro atoms. The van der Waals surface area contributed by atoms with E-state index in [-0.39, 0.29) is 0 Å². The van der Waals surface area contributed by atoms with Crippen molar-refractivity contribution in [2.75, 3.05) is 31.2 Å². The summed E-state index contributed by atoms with van der Waals surface area (Å²) >= 11 is 6.15. The van der Waals surface area contributed by atoms with Crippen LogP contribution >= 0.6 is 11.6 Å². The number of hydrogen-bond acceptors (Lipinski definition) is 4. The molecule has 0 unspecified atom stereocenters. The van der Waals surface area contributed by atoms with E-state index in [2.05, 4.69) is 20.1 Å². The van der Waals surface area contributed by atoms with Gasteiger partial charge in [-0.3, -0.25) is 5.10 Å². The van der Waals surface area contributed by atoms with Gasteiger partial charge in [0.15, 0.2) is 0 Å². The fourth-order valence-electron chi connectivity index (χ4n) is 1.97. The number of halogens is 1. The van der Waals surface area contributed by atoms with Crippen molar-refractivity contribution in [3.63, 3.8) is 0 Å². The van der Waals surface area contributed by atoms with Crippen LogP contribution in [-0.2, 0) is 4.74 Å². The van der Waals surface area contributed by atoms with Gasteiger partial charge >= 0.3 is 0 Å². The average molecular weight is 265 g/mol. The van der Waals surface area contributed by atoms with Crippen LogP contribution in [-0.4, -0.2) is 41.5 Å². The predicted octanol–water partition coefficient (Wildman–Crippen LogP) is 1.96. The highest BCUT2D eigenvalue weighted by atomic mass is 35.5. The molecule has 6 heteroatoms. The summed E-state index contributed by atoms with van der Waals surface area (Å²) in [6.45, 7) is 3.15. The van der Waals surface area contributed by atoms with Crippen molar-refractivity contribution in [1.29, 1.82) is 0 Å². The van der Waals surface area contributed by atoms with Crippen molar-refractivity contribution >= 4 is 17.4 Å². The Bertz CT molecular complexity index is 523. The maximum Gasteiger partial charge on any atom is 0.130 e. The Balaban J connectivity index is 1.95. The average Bonchev–Trinajstić information content (AvgIpc) is 2.93. The van der Waals surface area contributed by atoms with Crippen LogP contribution in [0.3, 0.4) is 0 Å². The highest BCUT2D eigenvalue weighted by Gasteiger charge is 2.14. The van der Waals surface area contributed by atoms with Crippen LogP contribution in [0.15, 0.2) is 24.4 Å². The molecular formula is C12H13ClN4O. The quantitative estimate of drug-likeness (QED) is 0.901. The van der Waals surface area contributed by atoms with Gasteiger partial charge in [0.2, 0.25) is 0 Å². The fourth-order valence-corrected chi connectivity index (χ4v) is 2.18. The monoisotopic (exact) mass is 264 g/mol. The van der Waals surface area contributed by atoms with Crippen LogP contribution in [0.5, 0.6) is 0 Å². The zero-order chi connectivity index (χ0) is 12.4. The lowest BCUT2D eigenvalue weighted by molar-refractivity contribution is 0.122. The number of aromatic amines is 1. The Morgan fingerprint density at radius 1 is 1.28 bits per heavy atom. The Labute approximate surface area is 110 Å². The summed E-state index contributed by atoms with van der Waals surface area (Å²) in [5.74, 6) is 0.885. The number of ether oxygens (including phenoxy) is 1. The summed E-state index contributed by atoms with van der Waals surface area (Å²) in [5.41, 5.74) is 1.67. The second kappa shape index (κ2) is 4.96. The van der Waals surface area contributed by atoms with Crippen molar-refractivity contribution in [2.45, 2.75) is 0 Å². The fraction of sp³-hybridized carbons (Fsp3) is 0.333. The molecule has 1 saturated heterocycles. The number of rotatable bonds is 2. The van der Waals surface area contributed by atoms with Crippen LogP contribution in [0, 0.1) is 0 Å². The molecule has 0 bridgehead atoms. The molecule has 1 aliphatic rings. The Morgan fingerprint density at radius 2 is 2.11 bits per heavy atom. The predicted molar refractivity (Wildman–Crippen MR) is 69.9 cm³/mol. The second-order valence-electron chi connectivity index (χ2n) is 4.10. The molecule has 18 heavy (non-hydrogen) atoms. The number of aromatic nitrogens is 3. The van der Waals surface area contributed by atoms with Gasteiger partial charge in [0, 0.05) is 24.3 Å². The minimum absolute atomic E-state index is 0.677. The van der Waals surface area contributed by atoms with Gasteiger partial charge in [-0.15, -0.1) is 0 Å². The topological polar surface area (TPSA) is 54.0 Å². The molecule has 0 amide bonds. The largest absolute Gasteiger partial charge is 0.378 e. The molecule has 1 fully saturated rings. The number of morpholine rings is 1. The SMILES string of the molecule is Clc1cc(-c2ccn[nH]2)nc(N2CCOCC2)c1. The van der Waals surface area contributed by atoms with E-state index in [9.17, 15) is 0 Å². The van der Waals surface area contributed by atoms with Crippen molar-refractivity contribution in [2.24, 2.45) is 0 Å². The maximum absolute atomic E-state index is 6.15. The first-order chi connectivity index (χ1) is 8.83. The van der Waals surface area contributed by atoms with E-state index in [1.165, 1.54) is 0 Å². The Morgan fingerprint density at radius 3 is 2.83 bits per heavy atom. The third-order valence-corrected chi connectivity index (χ3v) is 3.11. The van der Waals surface area contributed by atoms with Gasteiger partial charge in [0.1, 0.15) is 5.82 Å². The normalized spacial score (nSPS) is 15.9. The molecule has 5 nitrogen and oxygen atoms in total. The molecule has 0 radical (unpaired) electrons. The zero-order valence-corrected chi connectivity index (χ0v) is 10.5. The summed E-state index contributed by atoms with van der Waals surface area (Å²) in [6, 6.07) is 5.59. The van der Waals surface area contributed by atoms with Gasteiger partial charge in [-0.25, -0.2) is 4.98 Å². The number of nitrogens with zero attached hydrogens (tertiary/aromatic N) is 3. The van der Waals surface area contributed by atoms with Crippen LogP contribution in [0.25, 0.3) is 11.4 Å². The standard InChI is InChI=1S/C12H13ClN4O/c13-9-7-11(10-1-2-14-16-10)15-12(8-9)17-3-5-18-6-4-17/h1-2,7-8H,3-6H2,(H,14,16). The van der Waals surface area contributed by atoms with E-state index >= 15 is 0 Å². The summed E-state index contributed by atoms with van der Waals surface area (Å²) in [7, 11) is 0. The van der Waals surface area contributed by atoms with Crippen LogP contribution in [0.4, 0.5) is 5.82 Å². The van der Waals surface area contributed by atoms with Crippen LogP contribution < -0.4 is 4.90 Å². The van der Waals surface area contributed by atoms with Gasteiger partial charge in [0.25, 0.3) is 0 Å². The van der Waals surface area contributed by atoms with Gasteiger partial charge in [-0.1, -0.05) is 11.6 Å². The highest BCUT2D eigenvalue weighted by molar-refractivity contribution is 6.31. The second-order valence-corrected chi connectivity index (χ2v) is 4.53. The lowest BCUT2D eigenvalue weighted by atomic mass is 10.2. The van der Waals surface area contributed by atoms with Crippen LogP contribution in [0.1, 0.15) is 0 Å². The van der Waals surface area contributed by atoms with Crippen molar-refractivity contribution in [3.8, 4) is 11.4 Å². The first-order valence-electron chi connectivity index (χ1n) is 5.83. The maximum atomic E-state index is 6.15. The first-order valence-corrected chi connectivity index (χ1v) is 6.21. The number of anilines is 1. The summed E-state index contributed by atoms with van der Waals surface area (Å²) in [6.07, 6.45) is 1.70. The number of H-pyrrole nitrogens is 1. The van der Waals surface area contributed by atoms with Crippen LogP contribution in [0.2, 0.25) is 5.02 Å². The first kappa shape index (κ1) is 11.5. The van der Waals surface area contributed by atoms with Gasteiger partial charge in [-0.05, 0) is 18.2 Å². The lowest BCUT2D eigenvalue weighted by Gasteiger charge is -2.28. The summed E-state index contributed by atoms with van der Waals surface area (Å²) < 4.78 is 5.34. The molecule has 3 heterocycles. The van der Waals surface area contributed by atoms with E-state index in [1.807, 2.05) is 18.2 Å². The molecule has 0 aromatic carbocycles. The molecule has 0 atom stereocenters. The van der Waals surface area contributed by atoms with E-state index in [4.69, 9.17) is 16.3 Å². The number of pyridine rings is 1. The summed E-state index contributed by atoms with van der Waals surface area (Å²) in [5, 5.41) is 7.50. The van der Waals surface area contributed by atoms with E-state index < -0.39 is 0 Å². The highest BCUT2D eigenvalue weighted by Crippen LogP contribution is 2.24. The smallest absolute Gasteiger partial charge is 0.130 e. The number of hydrogen-bond donors (Lipinski definition) is 1. The minimum atomic E-state index is 0.677.